The molecule has 0 amide bonds. The Kier molecular flexibility index (Phi) is 3.38. The molecule has 4 N–H and O–H groups in total. The first-order valence-electron chi connectivity index (χ1n) is 5.70. The minimum atomic E-state index is 0.402. The van der Waals surface area contributed by atoms with Crippen molar-refractivity contribution in [2.45, 2.75) is 0 Å². The monoisotopic (exact) mass is 326 g/mol. The molecule has 0 bridgehead atoms. The summed E-state index contributed by atoms with van der Waals surface area (Å²) in [5, 5.41) is 4.34. The number of H-pyrrole nitrogens is 1. The van der Waals surface area contributed by atoms with Gasteiger partial charge in [0.2, 0.25) is 5.95 Å². The molecule has 0 saturated carbocycles. The zero-order valence-corrected chi connectivity index (χ0v) is 12.3. The van der Waals surface area contributed by atoms with Crippen LogP contribution in [0.3, 0.4) is 0 Å². The molecule has 3 rings (SSSR count). The second-order valence-corrected chi connectivity index (χ2v) is 5.45. The van der Waals surface area contributed by atoms with E-state index >= 15 is 0 Å². The maximum Gasteiger partial charge on any atom is 0.205 e. The second-order valence-electron chi connectivity index (χ2n) is 4.23. The predicted molar refractivity (Wildman–Crippen MR) is 85.3 cm³/mol. The minimum Gasteiger partial charge on any atom is -0.399 e. The van der Waals surface area contributed by atoms with E-state index in [0.717, 1.165) is 11.0 Å². The van der Waals surface area contributed by atoms with Crippen LogP contribution < -0.4 is 11.1 Å². The Bertz CT molecular complexity index is 798. The van der Waals surface area contributed by atoms with Crippen LogP contribution >= 0.6 is 34.8 Å². The lowest BCUT2D eigenvalue weighted by Gasteiger charge is -2.07. The number of benzene rings is 2. The van der Waals surface area contributed by atoms with E-state index in [1.54, 1.807) is 18.2 Å². The number of nitrogens with one attached hydrogen (secondary N) is 2. The summed E-state index contributed by atoms with van der Waals surface area (Å²) in [7, 11) is 0. The van der Waals surface area contributed by atoms with Gasteiger partial charge in [0.25, 0.3) is 0 Å². The van der Waals surface area contributed by atoms with E-state index in [0.29, 0.717) is 32.4 Å². The van der Waals surface area contributed by atoms with Gasteiger partial charge in [-0.15, -0.1) is 0 Å². The number of imidazole rings is 1. The van der Waals surface area contributed by atoms with Crippen LogP contribution in [-0.2, 0) is 0 Å². The lowest BCUT2D eigenvalue weighted by molar-refractivity contribution is 1.31. The Balaban J connectivity index is 1.99. The Morgan fingerprint density at radius 3 is 2.55 bits per heavy atom. The third-order valence-corrected chi connectivity index (χ3v) is 3.80. The number of anilines is 3. The summed E-state index contributed by atoms with van der Waals surface area (Å²) < 4.78 is 0. The van der Waals surface area contributed by atoms with Gasteiger partial charge in [-0.1, -0.05) is 34.8 Å². The quantitative estimate of drug-likeness (QED) is 0.465. The molecule has 3 aromatic rings. The molecule has 0 unspecified atom stereocenters. The van der Waals surface area contributed by atoms with Gasteiger partial charge in [-0.2, -0.15) is 0 Å². The first-order chi connectivity index (χ1) is 9.52. The summed E-state index contributed by atoms with van der Waals surface area (Å²) in [5.74, 6) is 0.547. The molecule has 0 saturated heterocycles. The van der Waals surface area contributed by atoms with Gasteiger partial charge in [0, 0.05) is 5.69 Å². The zero-order chi connectivity index (χ0) is 14.3. The van der Waals surface area contributed by atoms with Crippen molar-refractivity contribution < 1.29 is 0 Å². The predicted octanol–water partition coefficient (Wildman–Crippen LogP) is 4.85. The molecule has 4 nitrogen and oxygen atoms in total. The van der Waals surface area contributed by atoms with Crippen molar-refractivity contribution in [2.75, 3.05) is 11.1 Å². The highest BCUT2D eigenvalue weighted by Crippen LogP contribution is 2.33. The van der Waals surface area contributed by atoms with Gasteiger partial charge in [0.15, 0.2) is 0 Å². The second kappa shape index (κ2) is 5.05. The molecular weight excluding hydrogens is 319 g/mol. The van der Waals surface area contributed by atoms with Crippen molar-refractivity contribution >= 4 is 63.2 Å². The molecule has 1 heterocycles. The average Bonchev–Trinajstić information content (AvgIpc) is 2.77. The van der Waals surface area contributed by atoms with Crippen LogP contribution in [0.15, 0.2) is 30.3 Å². The molecular formula is C13H9Cl3N4. The van der Waals surface area contributed by atoms with Crippen molar-refractivity contribution in [1.82, 2.24) is 9.97 Å². The number of hydrogen-bond acceptors (Lipinski definition) is 3. The number of aromatic amines is 1. The summed E-state index contributed by atoms with van der Waals surface area (Å²) in [5.41, 5.74) is 8.65. The topological polar surface area (TPSA) is 66.7 Å². The average molecular weight is 328 g/mol. The number of nitrogens with two attached hydrogens (primary N) is 1. The lowest BCUT2D eigenvalue weighted by atomic mass is 10.3. The number of nitrogens with zero attached hydrogens (tertiary/aromatic N) is 1. The van der Waals surface area contributed by atoms with E-state index in [4.69, 9.17) is 40.5 Å². The van der Waals surface area contributed by atoms with E-state index in [1.807, 2.05) is 12.1 Å². The Labute approximate surface area is 129 Å². The van der Waals surface area contributed by atoms with Crippen molar-refractivity contribution in [3.8, 4) is 0 Å². The molecule has 0 aliphatic rings. The fourth-order valence-corrected chi connectivity index (χ4v) is 2.43. The fourth-order valence-electron chi connectivity index (χ4n) is 1.83. The number of fused-ring (bicyclic) bond motifs is 1. The number of halogens is 3. The van der Waals surface area contributed by atoms with Crippen molar-refractivity contribution in [2.24, 2.45) is 0 Å². The van der Waals surface area contributed by atoms with Crippen LogP contribution in [0, 0.1) is 0 Å². The molecule has 0 aliphatic carbocycles. The summed E-state index contributed by atoms with van der Waals surface area (Å²) in [6.07, 6.45) is 0. The van der Waals surface area contributed by atoms with Crippen molar-refractivity contribution in [3.05, 3.63) is 45.4 Å². The summed E-state index contributed by atoms with van der Waals surface area (Å²) in [6, 6.07) is 8.66. The normalized spacial score (nSPS) is 10.9. The number of hydrogen-bond donors (Lipinski definition) is 3. The van der Waals surface area contributed by atoms with Gasteiger partial charge in [0.1, 0.15) is 0 Å². The Hall–Kier alpha value is -1.62. The third kappa shape index (κ3) is 2.50. The Morgan fingerprint density at radius 1 is 1.00 bits per heavy atom. The number of aromatic nitrogens is 2. The van der Waals surface area contributed by atoms with E-state index in [9.17, 15) is 0 Å². The van der Waals surface area contributed by atoms with Crippen LogP contribution in [0.2, 0.25) is 15.1 Å². The standard InChI is InChI=1S/C13H9Cl3N4/c14-7-4-9(16)11(5-8(7)15)19-13-18-10-2-1-6(17)3-12(10)20-13/h1-5H,17H2,(H2,18,19,20). The minimum absolute atomic E-state index is 0.402. The van der Waals surface area contributed by atoms with Crippen LogP contribution in [-0.4, -0.2) is 9.97 Å². The molecule has 1 aromatic heterocycles. The highest BCUT2D eigenvalue weighted by molar-refractivity contribution is 6.44. The lowest BCUT2D eigenvalue weighted by Crippen LogP contribution is -1.93. The maximum absolute atomic E-state index is 6.11. The molecule has 20 heavy (non-hydrogen) atoms. The highest BCUT2D eigenvalue weighted by atomic mass is 35.5. The highest BCUT2D eigenvalue weighted by Gasteiger charge is 2.09. The van der Waals surface area contributed by atoms with Gasteiger partial charge < -0.3 is 16.0 Å². The van der Waals surface area contributed by atoms with Crippen molar-refractivity contribution in [1.29, 1.82) is 0 Å². The molecule has 7 heteroatoms. The molecule has 2 aromatic carbocycles. The molecule has 0 fully saturated rings. The maximum atomic E-state index is 6.11. The largest absolute Gasteiger partial charge is 0.399 e. The third-order valence-electron chi connectivity index (χ3n) is 2.77. The smallest absolute Gasteiger partial charge is 0.205 e. The van der Waals surface area contributed by atoms with Crippen LogP contribution in [0.25, 0.3) is 11.0 Å². The summed E-state index contributed by atoms with van der Waals surface area (Å²) in [6.45, 7) is 0. The zero-order valence-electron chi connectivity index (χ0n) is 10.0. The van der Waals surface area contributed by atoms with Gasteiger partial charge >= 0.3 is 0 Å². The van der Waals surface area contributed by atoms with Gasteiger partial charge in [-0.3, -0.25) is 0 Å². The molecule has 0 aliphatic heterocycles. The first-order valence-corrected chi connectivity index (χ1v) is 6.83. The van der Waals surface area contributed by atoms with E-state index < -0.39 is 0 Å². The van der Waals surface area contributed by atoms with Crippen LogP contribution in [0.4, 0.5) is 17.3 Å². The van der Waals surface area contributed by atoms with E-state index in [-0.39, 0.29) is 0 Å². The fraction of sp³-hybridized carbons (Fsp3) is 0. The van der Waals surface area contributed by atoms with Gasteiger partial charge in [-0.05, 0) is 30.3 Å². The molecule has 102 valence electrons. The first kappa shape index (κ1) is 13.4. The van der Waals surface area contributed by atoms with Gasteiger partial charge in [-0.25, -0.2) is 4.98 Å². The SMILES string of the molecule is Nc1ccc2nc(Nc3cc(Cl)c(Cl)cc3Cl)[nH]c2c1. The van der Waals surface area contributed by atoms with Crippen LogP contribution in [0.1, 0.15) is 0 Å². The van der Waals surface area contributed by atoms with E-state index in [1.165, 1.54) is 0 Å². The number of rotatable bonds is 2. The summed E-state index contributed by atoms with van der Waals surface area (Å²) >= 11 is 18.0. The molecule has 0 radical (unpaired) electrons. The van der Waals surface area contributed by atoms with Gasteiger partial charge in [0.05, 0.1) is 31.8 Å². The summed E-state index contributed by atoms with van der Waals surface area (Å²) in [4.78, 5) is 7.49. The Morgan fingerprint density at radius 2 is 1.75 bits per heavy atom. The van der Waals surface area contributed by atoms with Crippen molar-refractivity contribution in [3.63, 3.8) is 0 Å². The number of nitrogen functional groups attached to an aromatic ring is 1. The van der Waals surface area contributed by atoms with Crippen LogP contribution in [0.5, 0.6) is 0 Å². The molecule has 0 spiro atoms. The molecule has 0 atom stereocenters. The van der Waals surface area contributed by atoms with E-state index in [2.05, 4.69) is 15.3 Å².